The van der Waals surface area contributed by atoms with Crippen LogP contribution in [0.5, 0.6) is 0 Å². The normalized spacial score (nSPS) is 19.8. The fraction of sp³-hybridized carbons (Fsp3) is 0.400. The summed E-state index contributed by atoms with van der Waals surface area (Å²) in [5.41, 5.74) is 3.03. The number of piperidine rings is 1. The van der Waals surface area contributed by atoms with Crippen molar-refractivity contribution >= 4 is 23.5 Å². The Labute approximate surface area is 161 Å². The van der Waals surface area contributed by atoms with Gasteiger partial charge >= 0.3 is 5.97 Å². The quantitative estimate of drug-likeness (QED) is 0.747. The molecule has 0 aliphatic carbocycles. The summed E-state index contributed by atoms with van der Waals surface area (Å²) in [7, 11) is 0. The highest BCUT2D eigenvalue weighted by Crippen LogP contribution is 2.35. The van der Waals surface area contributed by atoms with Gasteiger partial charge in [0, 0.05) is 36.8 Å². The van der Waals surface area contributed by atoms with Gasteiger partial charge in [-0.1, -0.05) is 18.2 Å². The van der Waals surface area contributed by atoms with Crippen LogP contribution in [0.2, 0.25) is 0 Å². The van der Waals surface area contributed by atoms with Crippen LogP contribution in [0, 0.1) is 0 Å². The maximum absolute atomic E-state index is 13.1. The molecule has 0 saturated carbocycles. The predicted molar refractivity (Wildman–Crippen MR) is 101 cm³/mol. The van der Waals surface area contributed by atoms with Gasteiger partial charge in [-0.2, -0.15) is 5.10 Å². The summed E-state index contributed by atoms with van der Waals surface area (Å²) in [6, 6.07) is 9.26. The summed E-state index contributed by atoms with van der Waals surface area (Å²) in [5, 5.41) is 18.7. The smallest absolute Gasteiger partial charge is 0.309 e. The molecule has 0 unspecified atom stereocenters. The number of benzene rings is 1. The van der Waals surface area contributed by atoms with E-state index in [1.54, 1.807) is 6.07 Å². The number of aromatic amines is 1. The molecule has 1 atom stereocenters. The first-order valence-electron chi connectivity index (χ1n) is 9.45. The average Bonchev–Trinajstić information content (AvgIpc) is 3.14. The number of hydrogen-bond acceptors (Lipinski definition) is 4. The van der Waals surface area contributed by atoms with Gasteiger partial charge in [0.1, 0.15) is 0 Å². The lowest BCUT2D eigenvalue weighted by molar-refractivity contribution is -0.136. The van der Waals surface area contributed by atoms with E-state index in [4.69, 9.17) is 5.11 Å². The number of carboxylic acids is 1. The highest BCUT2D eigenvalue weighted by Gasteiger charge is 2.35. The molecule has 1 fully saturated rings. The molecule has 0 spiro atoms. The first kappa shape index (κ1) is 18.2. The van der Waals surface area contributed by atoms with Crippen molar-refractivity contribution in [2.24, 2.45) is 0 Å². The van der Waals surface area contributed by atoms with Crippen molar-refractivity contribution in [3.8, 4) is 0 Å². The highest BCUT2D eigenvalue weighted by atomic mass is 16.4. The predicted octanol–water partition coefficient (Wildman–Crippen LogP) is 1.87. The van der Waals surface area contributed by atoms with Crippen LogP contribution in [-0.4, -0.2) is 51.1 Å². The van der Waals surface area contributed by atoms with Gasteiger partial charge in [-0.3, -0.25) is 19.5 Å². The molecule has 1 saturated heterocycles. The number of carbonyl (C=O) groups excluding carboxylic acids is 2. The Bertz CT molecular complexity index is 914. The summed E-state index contributed by atoms with van der Waals surface area (Å²) in [6.45, 7) is 1.20. The van der Waals surface area contributed by atoms with E-state index in [9.17, 15) is 14.4 Å². The van der Waals surface area contributed by atoms with Gasteiger partial charge in [0.15, 0.2) is 0 Å². The Balaban J connectivity index is 1.41. The topological polar surface area (TPSA) is 115 Å². The van der Waals surface area contributed by atoms with Crippen LogP contribution in [0.4, 0.5) is 5.69 Å². The van der Waals surface area contributed by atoms with Gasteiger partial charge in [-0.25, -0.2) is 0 Å². The van der Waals surface area contributed by atoms with Gasteiger partial charge < -0.3 is 15.3 Å². The Morgan fingerprint density at radius 2 is 1.96 bits per heavy atom. The number of carboxylic acid groups (broad SMARTS) is 1. The summed E-state index contributed by atoms with van der Waals surface area (Å²) in [6.07, 6.45) is 1.63. The third-order valence-electron chi connectivity index (χ3n) is 5.52. The molecule has 8 heteroatoms. The maximum atomic E-state index is 13.1. The number of fused-ring (bicyclic) bond motifs is 1. The number of para-hydroxylation sites is 1. The Hall–Kier alpha value is -3.16. The zero-order chi connectivity index (χ0) is 19.7. The molecule has 1 aromatic carbocycles. The monoisotopic (exact) mass is 382 g/mol. The van der Waals surface area contributed by atoms with Gasteiger partial charge in [-0.05, 0) is 30.5 Å². The Morgan fingerprint density at radius 3 is 2.71 bits per heavy atom. The Morgan fingerprint density at radius 1 is 1.21 bits per heavy atom. The molecule has 2 aliphatic heterocycles. The maximum Gasteiger partial charge on any atom is 0.309 e. The molecule has 0 radical (unpaired) electrons. The molecule has 8 nitrogen and oxygen atoms in total. The molecule has 3 N–H and O–H groups in total. The van der Waals surface area contributed by atoms with Crippen molar-refractivity contribution in [3.05, 3.63) is 47.3 Å². The van der Waals surface area contributed by atoms with Crippen molar-refractivity contribution < 1.29 is 19.5 Å². The molecule has 2 aromatic rings. The largest absolute Gasteiger partial charge is 0.481 e. The number of rotatable bonds is 4. The number of nitrogens with one attached hydrogen (secondary N) is 2. The zero-order valence-electron chi connectivity index (χ0n) is 15.4. The van der Waals surface area contributed by atoms with E-state index in [2.05, 4.69) is 15.5 Å². The third-order valence-corrected chi connectivity index (χ3v) is 5.52. The number of carbonyl (C=O) groups is 3. The van der Waals surface area contributed by atoms with Crippen LogP contribution < -0.4 is 5.32 Å². The van der Waals surface area contributed by atoms with Crippen LogP contribution in [-0.2, 0) is 20.8 Å². The van der Waals surface area contributed by atoms with Gasteiger partial charge in [0.05, 0.1) is 18.0 Å². The summed E-state index contributed by atoms with van der Waals surface area (Å²) in [5.74, 6) is -1.27. The van der Waals surface area contributed by atoms with Crippen molar-refractivity contribution in [2.45, 2.75) is 37.5 Å². The molecule has 2 amide bonds. The van der Waals surface area contributed by atoms with Crippen LogP contribution in [0.3, 0.4) is 0 Å². The zero-order valence-corrected chi connectivity index (χ0v) is 15.4. The number of likely N-dealkylation sites (tertiary alicyclic amines) is 1. The van der Waals surface area contributed by atoms with E-state index >= 15 is 0 Å². The number of H-pyrrole nitrogens is 1. The van der Waals surface area contributed by atoms with Crippen molar-refractivity contribution in [1.82, 2.24) is 15.1 Å². The highest BCUT2D eigenvalue weighted by molar-refractivity contribution is 6.01. The minimum Gasteiger partial charge on any atom is -0.481 e. The molecule has 4 rings (SSSR count). The van der Waals surface area contributed by atoms with Crippen LogP contribution >= 0.6 is 0 Å². The molecule has 28 heavy (non-hydrogen) atoms. The van der Waals surface area contributed by atoms with E-state index in [1.165, 1.54) is 0 Å². The summed E-state index contributed by atoms with van der Waals surface area (Å²) < 4.78 is 0. The third kappa shape index (κ3) is 3.62. The first-order chi connectivity index (χ1) is 13.5. The SMILES string of the molecule is O=C(O)Cc1cc(C2CCN(C(=O)[C@H]3CC(=O)Nc4ccccc43)CC2)n[nH]1. The molecule has 0 bridgehead atoms. The number of aromatic nitrogens is 2. The second kappa shape index (κ2) is 7.46. The van der Waals surface area contributed by atoms with Gasteiger partial charge in [0.25, 0.3) is 0 Å². The van der Waals surface area contributed by atoms with E-state index in [-0.39, 0.29) is 30.6 Å². The number of hydrogen-bond donors (Lipinski definition) is 3. The number of aliphatic carboxylic acids is 1. The van der Waals surface area contributed by atoms with Crippen molar-refractivity contribution in [2.75, 3.05) is 18.4 Å². The minimum atomic E-state index is -0.896. The molecular formula is C20H22N4O4. The first-order valence-corrected chi connectivity index (χ1v) is 9.45. The molecule has 2 aliphatic rings. The summed E-state index contributed by atoms with van der Waals surface area (Å²) in [4.78, 5) is 37.7. The standard InChI is InChI=1S/C20H22N4O4/c25-18-11-15(14-3-1-2-4-16(14)21-18)20(28)24-7-5-12(6-8-24)17-9-13(22-23-17)10-19(26)27/h1-4,9,12,15H,5-8,10-11H2,(H,21,25)(H,22,23)(H,26,27)/t15-/m0/s1. The van der Waals surface area contributed by atoms with E-state index in [1.807, 2.05) is 29.2 Å². The van der Waals surface area contributed by atoms with Crippen LogP contribution in [0.25, 0.3) is 0 Å². The molecular weight excluding hydrogens is 360 g/mol. The summed E-state index contributed by atoms with van der Waals surface area (Å²) >= 11 is 0. The van der Waals surface area contributed by atoms with Gasteiger partial charge in [0.2, 0.25) is 11.8 Å². The fourth-order valence-electron chi connectivity index (χ4n) is 4.09. The minimum absolute atomic E-state index is 0.00524. The second-order valence-corrected chi connectivity index (χ2v) is 7.38. The number of anilines is 1. The van der Waals surface area contributed by atoms with Crippen LogP contribution in [0.1, 0.15) is 48.0 Å². The lowest BCUT2D eigenvalue weighted by atomic mass is 9.87. The molecule has 3 heterocycles. The van der Waals surface area contributed by atoms with Crippen molar-refractivity contribution in [1.29, 1.82) is 0 Å². The molecule has 146 valence electrons. The van der Waals surface area contributed by atoms with Crippen LogP contribution in [0.15, 0.2) is 30.3 Å². The fourth-order valence-corrected chi connectivity index (χ4v) is 4.09. The van der Waals surface area contributed by atoms with E-state index < -0.39 is 11.9 Å². The van der Waals surface area contributed by atoms with Crippen molar-refractivity contribution in [3.63, 3.8) is 0 Å². The second-order valence-electron chi connectivity index (χ2n) is 7.38. The van der Waals surface area contributed by atoms with E-state index in [0.717, 1.165) is 29.8 Å². The Kier molecular flexibility index (Phi) is 4.85. The van der Waals surface area contributed by atoms with Gasteiger partial charge in [-0.15, -0.1) is 0 Å². The molecule has 1 aromatic heterocycles. The number of nitrogens with zero attached hydrogens (tertiary/aromatic N) is 2. The lowest BCUT2D eigenvalue weighted by Gasteiger charge is -2.35. The average molecular weight is 382 g/mol. The lowest BCUT2D eigenvalue weighted by Crippen LogP contribution is -2.42. The number of amides is 2. The van der Waals surface area contributed by atoms with E-state index in [0.29, 0.717) is 18.8 Å².